The topological polar surface area (TPSA) is 61.8 Å². The van der Waals surface area contributed by atoms with Gasteiger partial charge in [-0.1, -0.05) is 23.2 Å². The first kappa shape index (κ1) is 17.2. The van der Waals surface area contributed by atoms with Crippen LogP contribution < -0.4 is 5.32 Å². The molecule has 5 nitrogen and oxygen atoms in total. The Morgan fingerprint density at radius 3 is 2.70 bits per heavy atom. The van der Waals surface area contributed by atoms with Crippen molar-refractivity contribution in [3.05, 3.63) is 28.2 Å². The lowest BCUT2D eigenvalue weighted by molar-refractivity contribution is -0.117. The van der Waals surface area contributed by atoms with Crippen LogP contribution in [0.4, 0.5) is 5.69 Å². The molecule has 0 aliphatic rings. The van der Waals surface area contributed by atoms with Crippen molar-refractivity contribution in [2.75, 3.05) is 45.3 Å². The number of hydrogen-bond acceptors (Lipinski definition) is 4. The SMILES string of the molecule is COCCN(CCO)CC(=O)Nc1ccc(Cl)c(Cl)c1. The highest BCUT2D eigenvalue weighted by Gasteiger charge is 2.11. The lowest BCUT2D eigenvalue weighted by atomic mass is 10.3. The molecule has 0 heterocycles. The summed E-state index contributed by atoms with van der Waals surface area (Å²) in [6.07, 6.45) is 0. The van der Waals surface area contributed by atoms with E-state index >= 15 is 0 Å². The molecule has 112 valence electrons. The normalized spacial score (nSPS) is 10.8. The lowest BCUT2D eigenvalue weighted by Crippen LogP contribution is -2.37. The average Bonchev–Trinajstić information content (AvgIpc) is 2.40. The highest BCUT2D eigenvalue weighted by Crippen LogP contribution is 2.24. The van der Waals surface area contributed by atoms with Crippen molar-refractivity contribution in [2.45, 2.75) is 0 Å². The fraction of sp³-hybridized carbons (Fsp3) is 0.462. The lowest BCUT2D eigenvalue weighted by Gasteiger charge is -2.20. The Balaban J connectivity index is 2.53. The fourth-order valence-electron chi connectivity index (χ4n) is 1.61. The zero-order valence-electron chi connectivity index (χ0n) is 11.2. The molecule has 0 unspecified atom stereocenters. The summed E-state index contributed by atoms with van der Waals surface area (Å²) in [7, 11) is 1.59. The highest BCUT2D eigenvalue weighted by atomic mass is 35.5. The minimum atomic E-state index is -0.187. The number of aliphatic hydroxyl groups is 1. The number of halogens is 2. The summed E-state index contributed by atoms with van der Waals surface area (Å²) >= 11 is 11.7. The maximum Gasteiger partial charge on any atom is 0.238 e. The molecule has 0 bridgehead atoms. The van der Waals surface area contributed by atoms with Gasteiger partial charge in [0.15, 0.2) is 0 Å². The second kappa shape index (κ2) is 9.15. The molecule has 20 heavy (non-hydrogen) atoms. The smallest absolute Gasteiger partial charge is 0.238 e. The van der Waals surface area contributed by atoms with Gasteiger partial charge in [0.1, 0.15) is 0 Å². The van der Waals surface area contributed by atoms with Gasteiger partial charge in [-0.05, 0) is 18.2 Å². The number of nitrogens with zero attached hydrogens (tertiary/aromatic N) is 1. The van der Waals surface area contributed by atoms with Crippen molar-refractivity contribution in [1.82, 2.24) is 4.90 Å². The van der Waals surface area contributed by atoms with E-state index in [0.29, 0.717) is 35.4 Å². The first-order valence-corrected chi connectivity index (χ1v) is 6.89. The van der Waals surface area contributed by atoms with Crippen LogP contribution in [0, 0.1) is 0 Å². The molecule has 2 N–H and O–H groups in total. The molecule has 0 fully saturated rings. The zero-order valence-corrected chi connectivity index (χ0v) is 12.7. The summed E-state index contributed by atoms with van der Waals surface area (Å²) in [5.41, 5.74) is 0.583. The van der Waals surface area contributed by atoms with E-state index in [-0.39, 0.29) is 19.1 Å². The molecule has 0 aliphatic carbocycles. The van der Waals surface area contributed by atoms with Gasteiger partial charge in [0.25, 0.3) is 0 Å². The minimum Gasteiger partial charge on any atom is -0.395 e. The molecule has 0 saturated carbocycles. The standard InChI is InChI=1S/C13H18Cl2N2O3/c1-20-7-5-17(4-6-18)9-13(19)16-10-2-3-11(14)12(15)8-10/h2-3,8,18H,4-7,9H2,1H3,(H,16,19). The number of carbonyl (C=O) groups excluding carboxylic acids is 1. The Hall–Kier alpha value is -0.850. The molecule has 1 amide bonds. The number of benzene rings is 1. The van der Waals surface area contributed by atoms with E-state index in [1.807, 2.05) is 0 Å². The number of methoxy groups -OCH3 is 1. The second-order valence-corrected chi connectivity index (χ2v) is 4.98. The van der Waals surface area contributed by atoms with Crippen LogP contribution in [-0.4, -0.2) is 55.9 Å². The summed E-state index contributed by atoms with van der Waals surface area (Å²) in [4.78, 5) is 13.7. The maximum absolute atomic E-state index is 11.9. The van der Waals surface area contributed by atoms with Crippen molar-refractivity contribution in [2.24, 2.45) is 0 Å². The quantitative estimate of drug-likeness (QED) is 0.767. The Labute approximate surface area is 128 Å². The second-order valence-electron chi connectivity index (χ2n) is 4.17. The maximum atomic E-state index is 11.9. The number of carbonyl (C=O) groups is 1. The van der Waals surface area contributed by atoms with Crippen molar-refractivity contribution in [3.8, 4) is 0 Å². The third kappa shape index (κ3) is 6.07. The molecule has 7 heteroatoms. The van der Waals surface area contributed by atoms with Crippen LogP contribution in [0.3, 0.4) is 0 Å². The van der Waals surface area contributed by atoms with Crippen molar-refractivity contribution < 1.29 is 14.6 Å². The van der Waals surface area contributed by atoms with Gasteiger partial charge < -0.3 is 15.2 Å². The molecular formula is C13H18Cl2N2O3. The highest BCUT2D eigenvalue weighted by molar-refractivity contribution is 6.42. The third-order valence-electron chi connectivity index (χ3n) is 2.60. The van der Waals surface area contributed by atoms with Crippen LogP contribution in [0.1, 0.15) is 0 Å². The van der Waals surface area contributed by atoms with E-state index in [0.717, 1.165) is 0 Å². The van der Waals surface area contributed by atoms with Gasteiger partial charge in [-0.3, -0.25) is 9.69 Å². The Kier molecular flexibility index (Phi) is 7.87. The summed E-state index contributed by atoms with van der Waals surface area (Å²) in [5, 5.41) is 12.5. The number of amides is 1. The van der Waals surface area contributed by atoms with Gasteiger partial charge >= 0.3 is 0 Å². The molecule has 0 aromatic heterocycles. The van der Waals surface area contributed by atoms with Gasteiger partial charge in [-0.2, -0.15) is 0 Å². The third-order valence-corrected chi connectivity index (χ3v) is 3.34. The Bertz CT molecular complexity index is 444. The van der Waals surface area contributed by atoms with Crippen LogP contribution in [-0.2, 0) is 9.53 Å². The molecule has 1 aromatic rings. The Morgan fingerprint density at radius 2 is 2.10 bits per heavy atom. The summed E-state index contributed by atoms with van der Waals surface area (Å²) in [6.45, 7) is 1.65. The zero-order chi connectivity index (χ0) is 15.0. The minimum absolute atomic E-state index is 0.0102. The van der Waals surface area contributed by atoms with Gasteiger partial charge in [-0.15, -0.1) is 0 Å². The largest absolute Gasteiger partial charge is 0.395 e. The molecule has 0 saturated heterocycles. The molecule has 1 aromatic carbocycles. The van der Waals surface area contributed by atoms with Crippen molar-refractivity contribution in [1.29, 1.82) is 0 Å². The van der Waals surface area contributed by atoms with E-state index < -0.39 is 0 Å². The number of nitrogens with one attached hydrogen (secondary N) is 1. The van der Waals surface area contributed by atoms with Gasteiger partial charge in [0.05, 0.1) is 29.8 Å². The fourth-order valence-corrected chi connectivity index (χ4v) is 1.91. The van der Waals surface area contributed by atoms with E-state index in [1.165, 1.54) is 0 Å². The van der Waals surface area contributed by atoms with Gasteiger partial charge in [-0.25, -0.2) is 0 Å². The predicted octanol–water partition coefficient (Wildman–Crippen LogP) is 1.87. The molecule has 0 spiro atoms. The monoisotopic (exact) mass is 320 g/mol. The van der Waals surface area contributed by atoms with Crippen LogP contribution in [0.5, 0.6) is 0 Å². The van der Waals surface area contributed by atoms with Crippen molar-refractivity contribution >= 4 is 34.8 Å². The number of hydrogen-bond donors (Lipinski definition) is 2. The van der Waals surface area contributed by atoms with E-state index in [1.54, 1.807) is 30.2 Å². The molecular weight excluding hydrogens is 303 g/mol. The molecule has 0 aliphatic heterocycles. The molecule has 0 radical (unpaired) electrons. The van der Waals surface area contributed by atoms with E-state index in [9.17, 15) is 4.79 Å². The van der Waals surface area contributed by atoms with Crippen LogP contribution in [0.15, 0.2) is 18.2 Å². The van der Waals surface area contributed by atoms with E-state index in [2.05, 4.69) is 5.32 Å². The predicted molar refractivity (Wildman–Crippen MR) is 80.5 cm³/mol. The number of rotatable bonds is 8. The molecule has 0 atom stereocenters. The first-order chi connectivity index (χ1) is 9.56. The molecule has 1 rings (SSSR count). The van der Waals surface area contributed by atoms with Crippen LogP contribution >= 0.6 is 23.2 Å². The summed E-state index contributed by atoms with van der Waals surface area (Å²) in [5.74, 6) is -0.187. The average molecular weight is 321 g/mol. The first-order valence-electron chi connectivity index (χ1n) is 6.14. The van der Waals surface area contributed by atoms with Crippen LogP contribution in [0.2, 0.25) is 10.0 Å². The Morgan fingerprint density at radius 1 is 1.35 bits per heavy atom. The van der Waals surface area contributed by atoms with Crippen molar-refractivity contribution in [3.63, 3.8) is 0 Å². The number of ether oxygens (including phenoxy) is 1. The summed E-state index contributed by atoms with van der Waals surface area (Å²) in [6, 6.07) is 4.89. The van der Waals surface area contributed by atoms with Gasteiger partial charge in [0.2, 0.25) is 5.91 Å². The summed E-state index contributed by atoms with van der Waals surface area (Å²) < 4.78 is 4.96. The van der Waals surface area contributed by atoms with E-state index in [4.69, 9.17) is 33.0 Å². The number of anilines is 1. The number of aliphatic hydroxyl groups excluding tert-OH is 1. The van der Waals surface area contributed by atoms with Crippen LogP contribution in [0.25, 0.3) is 0 Å². The van der Waals surface area contributed by atoms with Gasteiger partial charge in [0, 0.05) is 25.9 Å².